The van der Waals surface area contributed by atoms with Crippen LogP contribution in [0, 0.1) is 0 Å². The van der Waals surface area contributed by atoms with Crippen molar-refractivity contribution < 1.29 is 4.79 Å². The highest BCUT2D eigenvalue weighted by Crippen LogP contribution is 2.13. The lowest BCUT2D eigenvalue weighted by molar-refractivity contribution is -0.121. The SMILES string of the molecule is O=C(CCn1ccccc1=O)NCc1ccc(CN2CCCCC2)cc1. The Morgan fingerprint density at radius 1 is 0.962 bits per heavy atom. The van der Waals surface area contributed by atoms with Gasteiger partial charge in [0.15, 0.2) is 0 Å². The Morgan fingerprint density at radius 3 is 2.42 bits per heavy atom. The van der Waals surface area contributed by atoms with E-state index in [9.17, 15) is 9.59 Å². The third-order valence-corrected chi connectivity index (χ3v) is 4.85. The number of hydrogen-bond acceptors (Lipinski definition) is 3. The van der Waals surface area contributed by atoms with E-state index in [1.807, 2.05) is 0 Å². The fraction of sp³-hybridized carbons (Fsp3) is 0.429. The number of nitrogens with one attached hydrogen (secondary N) is 1. The number of benzene rings is 1. The molecule has 1 aromatic heterocycles. The molecule has 1 N–H and O–H groups in total. The number of rotatable bonds is 7. The summed E-state index contributed by atoms with van der Waals surface area (Å²) in [6.45, 7) is 4.33. The van der Waals surface area contributed by atoms with Gasteiger partial charge in [-0.05, 0) is 43.1 Å². The summed E-state index contributed by atoms with van der Waals surface area (Å²) in [5, 5.41) is 2.92. The molecule has 1 fully saturated rings. The predicted molar refractivity (Wildman–Crippen MR) is 103 cm³/mol. The molecule has 2 aromatic rings. The van der Waals surface area contributed by atoms with Crippen molar-refractivity contribution in [2.45, 2.75) is 45.3 Å². The Balaban J connectivity index is 1.42. The van der Waals surface area contributed by atoms with Gasteiger partial charge in [0.25, 0.3) is 5.56 Å². The number of aryl methyl sites for hydroxylation is 1. The molecule has 26 heavy (non-hydrogen) atoms. The van der Waals surface area contributed by atoms with E-state index in [2.05, 4.69) is 34.5 Å². The maximum absolute atomic E-state index is 12.0. The van der Waals surface area contributed by atoms with Crippen molar-refractivity contribution in [1.82, 2.24) is 14.8 Å². The summed E-state index contributed by atoms with van der Waals surface area (Å²) < 4.78 is 1.55. The maximum atomic E-state index is 12.0. The summed E-state index contributed by atoms with van der Waals surface area (Å²) in [5.41, 5.74) is 2.34. The van der Waals surface area contributed by atoms with E-state index in [1.54, 1.807) is 22.9 Å². The third kappa shape index (κ3) is 5.56. The van der Waals surface area contributed by atoms with Gasteiger partial charge in [0, 0.05) is 38.3 Å². The first-order valence-electron chi connectivity index (χ1n) is 9.43. The molecule has 0 atom stereocenters. The molecule has 2 heterocycles. The maximum Gasteiger partial charge on any atom is 0.250 e. The van der Waals surface area contributed by atoms with Crippen molar-refractivity contribution in [2.24, 2.45) is 0 Å². The Hall–Kier alpha value is -2.40. The van der Waals surface area contributed by atoms with Crippen molar-refractivity contribution in [2.75, 3.05) is 13.1 Å². The molecular weight excluding hydrogens is 326 g/mol. The first-order chi connectivity index (χ1) is 12.7. The van der Waals surface area contributed by atoms with Crippen LogP contribution in [-0.2, 0) is 24.4 Å². The van der Waals surface area contributed by atoms with E-state index in [4.69, 9.17) is 0 Å². The van der Waals surface area contributed by atoms with Crippen LogP contribution in [0.25, 0.3) is 0 Å². The standard InChI is InChI=1S/C21H27N3O2/c25-20(11-15-24-14-5-2-6-21(24)26)22-16-18-7-9-19(10-8-18)17-23-12-3-1-4-13-23/h2,5-10,14H,1,3-4,11-13,15-17H2,(H,22,25). The van der Waals surface area contributed by atoms with E-state index in [0.717, 1.165) is 12.1 Å². The van der Waals surface area contributed by atoms with Gasteiger partial charge in [-0.25, -0.2) is 0 Å². The number of carbonyl (C=O) groups excluding carboxylic acids is 1. The minimum Gasteiger partial charge on any atom is -0.352 e. The molecule has 1 aromatic carbocycles. The van der Waals surface area contributed by atoms with Crippen LogP contribution in [0.1, 0.15) is 36.8 Å². The largest absolute Gasteiger partial charge is 0.352 e. The van der Waals surface area contributed by atoms with Crippen LogP contribution >= 0.6 is 0 Å². The normalized spacial score (nSPS) is 14.9. The molecule has 0 spiro atoms. The lowest BCUT2D eigenvalue weighted by Crippen LogP contribution is -2.29. The molecule has 138 valence electrons. The lowest BCUT2D eigenvalue weighted by atomic mass is 10.1. The van der Waals surface area contributed by atoms with Gasteiger partial charge in [0.05, 0.1) is 0 Å². The minimum atomic E-state index is -0.0791. The molecular formula is C21H27N3O2. The summed E-state index contributed by atoms with van der Waals surface area (Å²) >= 11 is 0. The monoisotopic (exact) mass is 353 g/mol. The van der Waals surface area contributed by atoms with E-state index in [1.165, 1.54) is 44.0 Å². The number of nitrogens with zero attached hydrogens (tertiary/aromatic N) is 2. The van der Waals surface area contributed by atoms with Crippen LogP contribution in [0.2, 0.25) is 0 Å². The number of piperidine rings is 1. The van der Waals surface area contributed by atoms with Crippen molar-refractivity contribution in [3.63, 3.8) is 0 Å². The van der Waals surface area contributed by atoms with Gasteiger partial charge in [-0.3, -0.25) is 14.5 Å². The average Bonchev–Trinajstić information content (AvgIpc) is 2.68. The van der Waals surface area contributed by atoms with Crippen LogP contribution in [0.15, 0.2) is 53.5 Å². The lowest BCUT2D eigenvalue weighted by Gasteiger charge is -2.26. The minimum absolute atomic E-state index is 0.0434. The molecule has 1 aliphatic rings. The van der Waals surface area contributed by atoms with Crippen LogP contribution in [-0.4, -0.2) is 28.5 Å². The fourth-order valence-electron chi connectivity index (χ4n) is 3.29. The molecule has 5 heteroatoms. The van der Waals surface area contributed by atoms with Gasteiger partial charge < -0.3 is 9.88 Å². The summed E-state index contributed by atoms with van der Waals surface area (Å²) in [5.74, 6) is -0.0434. The van der Waals surface area contributed by atoms with Crippen molar-refractivity contribution in [1.29, 1.82) is 0 Å². The van der Waals surface area contributed by atoms with E-state index < -0.39 is 0 Å². The average molecular weight is 353 g/mol. The summed E-state index contributed by atoms with van der Waals surface area (Å²) in [4.78, 5) is 26.1. The van der Waals surface area contributed by atoms with Gasteiger partial charge in [-0.2, -0.15) is 0 Å². The topological polar surface area (TPSA) is 54.3 Å². The second kappa shape index (κ2) is 9.34. The molecule has 0 aliphatic carbocycles. The molecule has 3 rings (SSSR count). The first-order valence-corrected chi connectivity index (χ1v) is 9.43. The quantitative estimate of drug-likeness (QED) is 0.832. The smallest absolute Gasteiger partial charge is 0.250 e. The van der Waals surface area contributed by atoms with Gasteiger partial charge in [-0.1, -0.05) is 36.8 Å². The highest BCUT2D eigenvalue weighted by molar-refractivity contribution is 5.75. The van der Waals surface area contributed by atoms with Gasteiger partial charge in [-0.15, -0.1) is 0 Å². The molecule has 0 radical (unpaired) electrons. The van der Waals surface area contributed by atoms with Crippen molar-refractivity contribution >= 4 is 5.91 Å². The van der Waals surface area contributed by atoms with Gasteiger partial charge in [0.1, 0.15) is 0 Å². The summed E-state index contributed by atoms with van der Waals surface area (Å²) in [7, 11) is 0. The molecule has 1 amide bonds. The zero-order valence-electron chi connectivity index (χ0n) is 15.2. The van der Waals surface area contributed by atoms with Crippen molar-refractivity contribution in [3.05, 3.63) is 70.1 Å². The number of amides is 1. The van der Waals surface area contributed by atoms with E-state index >= 15 is 0 Å². The van der Waals surface area contributed by atoms with Gasteiger partial charge >= 0.3 is 0 Å². The van der Waals surface area contributed by atoms with E-state index in [0.29, 0.717) is 19.5 Å². The molecule has 0 saturated carbocycles. The zero-order valence-corrected chi connectivity index (χ0v) is 15.2. The highest BCUT2D eigenvalue weighted by atomic mass is 16.1. The fourth-order valence-corrected chi connectivity index (χ4v) is 3.29. The second-order valence-corrected chi connectivity index (χ2v) is 6.91. The number of likely N-dealkylation sites (tertiary alicyclic amines) is 1. The zero-order chi connectivity index (χ0) is 18.2. The van der Waals surface area contributed by atoms with Crippen LogP contribution in [0.3, 0.4) is 0 Å². The Labute approximate surface area is 154 Å². The Bertz CT molecular complexity index is 761. The third-order valence-electron chi connectivity index (χ3n) is 4.85. The number of aromatic nitrogens is 1. The van der Waals surface area contributed by atoms with Gasteiger partial charge in [0.2, 0.25) is 5.91 Å². The van der Waals surface area contributed by atoms with Crippen LogP contribution in [0.4, 0.5) is 0 Å². The Kier molecular flexibility index (Phi) is 6.61. The van der Waals surface area contributed by atoms with Crippen LogP contribution in [0.5, 0.6) is 0 Å². The highest BCUT2D eigenvalue weighted by Gasteiger charge is 2.10. The predicted octanol–water partition coefficient (Wildman–Crippen LogP) is 2.54. The number of hydrogen-bond donors (Lipinski definition) is 1. The summed E-state index contributed by atoms with van der Waals surface area (Å²) in [6.07, 6.45) is 5.97. The van der Waals surface area contributed by atoms with E-state index in [-0.39, 0.29) is 11.5 Å². The summed E-state index contributed by atoms with van der Waals surface area (Å²) in [6, 6.07) is 13.5. The number of carbonyl (C=O) groups is 1. The van der Waals surface area contributed by atoms with Crippen LogP contribution < -0.4 is 10.9 Å². The van der Waals surface area contributed by atoms with Crippen molar-refractivity contribution in [3.8, 4) is 0 Å². The molecule has 0 unspecified atom stereocenters. The molecule has 1 aliphatic heterocycles. The molecule has 1 saturated heterocycles. The Morgan fingerprint density at radius 2 is 1.69 bits per heavy atom. The molecule has 5 nitrogen and oxygen atoms in total. The first kappa shape index (κ1) is 18.4. The molecule has 0 bridgehead atoms. The number of pyridine rings is 1. The second-order valence-electron chi connectivity index (χ2n) is 6.91.